The normalized spacial score (nSPS) is 14.6. The van der Waals surface area contributed by atoms with Gasteiger partial charge >= 0.3 is 11.3 Å². The molecule has 2 aromatic carbocycles. The van der Waals surface area contributed by atoms with Crippen molar-refractivity contribution in [1.29, 1.82) is 0 Å². The Balaban J connectivity index is 1.90. The number of benzene rings is 2. The Morgan fingerprint density at radius 3 is 2.53 bits per heavy atom. The van der Waals surface area contributed by atoms with Gasteiger partial charge in [-0.25, -0.2) is 9.59 Å². The lowest BCUT2D eigenvalue weighted by Crippen LogP contribution is -2.27. The third kappa shape index (κ3) is 2.61. The second kappa shape index (κ2) is 6.41. The van der Waals surface area contributed by atoms with Crippen LogP contribution in [0, 0.1) is 17.0 Å². The first-order valence-corrected chi connectivity index (χ1v) is 9.16. The summed E-state index contributed by atoms with van der Waals surface area (Å²) in [5.74, 6) is -0.478. The molecule has 0 amide bonds. The van der Waals surface area contributed by atoms with Gasteiger partial charge in [-0.2, -0.15) is 0 Å². The van der Waals surface area contributed by atoms with E-state index in [1.807, 2.05) is 6.07 Å². The highest BCUT2D eigenvalue weighted by Crippen LogP contribution is 2.45. The molecule has 0 bridgehead atoms. The topological polar surface area (TPSA) is 116 Å². The van der Waals surface area contributed by atoms with Crippen molar-refractivity contribution in [3.8, 4) is 0 Å². The molecular formula is C22H14N2O6. The van der Waals surface area contributed by atoms with E-state index in [0.29, 0.717) is 33.7 Å². The van der Waals surface area contributed by atoms with Crippen LogP contribution in [0.3, 0.4) is 0 Å². The van der Waals surface area contributed by atoms with Gasteiger partial charge in [-0.15, -0.1) is 0 Å². The molecule has 0 saturated carbocycles. The summed E-state index contributed by atoms with van der Waals surface area (Å²) >= 11 is 0. The van der Waals surface area contributed by atoms with Gasteiger partial charge in [0.25, 0.3) is 5.69 Å². The summed E-state index contributed by atoms with van der Waals surface area (Å²) in [7, 11) is 0. The van der Waals surface area contributed by atoms with Crippen molar-refractivity contribution in [2.45, 2.75) is 12.8 Å². The van der Waals surface area contributed by atoms with Crippen LogP contribution in [-0.4, -0.2) is 4.92 Å². The highest BCUT2D eigenvalue weighted by Gasteiger charge is 2.35. The van der Waals surface area contributed by atoms with Crippen LogP contribution in [-0.2, 0) is 0 Å². The van der Waals surface area contributed by atoms with E-state index in [2.05, 4.69) is 5.32 Å². The molecule has 2 aromatic heterocycles. The largest absolute Gasteiger partial charge is 0.428 e. The average molecular weight is 402 g/mol. The Morgan fingerprint density at radius 2 is 1.73 bits per heavy atom. The van der Waals surface area contributed by atoms with Crippen molar-refractivity contribution in [2.24, 2.45) is 0 Å². The minimum atomic E-state index is -0.881. The fraction of sp³-hybridized carbons (Fsp3) is 0.0909. The maximum atomic E-state index is 13.0. The Morgan fingerprint density at radius 1 is 0.967 bits per heavy atom. The average Bonchev–Trinajstić information content (AvgIpc) is 2.72. The number of hydrogen-bond donors (Lipinski definition) is 1. The van der Waals surface area contributed by atoms with Crippen molar-refractivity contribution in [3.05, 3.63) is 108 Å². The molecule has 3 heterocycles. The molecule has 0 saturated heterocycles. The van der Waals surface area contributed by atoms with Gasteiger partial charge in [-0.05, 0) is 24.6 Å². The Bertz CT molecular complexity index is 1470. The zero-order chi connectivity index (χ0) is 21.0. The van der Waals surface area contributed by atoms with E-state index >= 15 is 0 Å². The lowest BCUT2D eigenvalue weighted by atomic mass is 9.82. The van der Waals surface area contributed by atoms with Gasteiger partial charge in [0, 0.05) is 23.6 Å². The summed E-state index contributed by atoms with van der Waals surface area (Å²) in [5.41, 5.74) is 0.844. The van der Waals surface area contributed by atoms with Crippen molar-refractivity contribution in [1.82, 2.24) is 0 Å². The number of nitrogens with zero attached hydrogens (tertiary/aromatic N) is 1. The van der Waals surface area contributed by atoms with E-state index in [0.717, 1.165) is 0 Å². The molecule has 1 unspecified atom stereocenters. The van der Waals surface area contributed by atoms with Crippen LogP contribution in [0.1, 0.15) is 28.4 Å². The minimum absolute atomic E-state index is 0.143. The summed E-state index contributed by atoms with van der Waals surface area (Å²) in [4.78, 5) is 36.6. The SMILES string of the molecule is Cc1cc2c(c(=O)o1)C(c1cccc([N+](=O)[O-])c1)c1c(c3ccccc3oc1=O)N2. The summed E-state index contributed by atoms with van der Waals surface area (Å²) in [5, 5.41) is 15.2. The first-order valence-electron chi connectivity index (χ1n) is 9.16. The monoisotopic (exact) mass is 402 g/mol. The second-order valence-electron chi connectivity index (χ2n) is 7.06. The van der Waals surface area contributed by atoms with Gasteiger partial charge in [-0.1, -0.05) is 24.3 Å². The quantitative estimate of drug-likeness (QED) is 0.267. The number of nitrogens with one attached hydrogen (secondary N) is 1. The van der Waals surface area contributed by atoms with Crippen LogP contribution in [0.2, 0.25) is 0 Å². The zero-order valence-electron chi connectivity index (χ0n) is 15.7. The van der Waals surface area contributed by atoms with Crippen LogP contribution < -0.4 is 16.6 Å². The van der Waals surface area contributed by atoms with Gasteiger partial charge < -0.3 is 14.2 Å². The molecule has 1 N–H and O–H groups in total. The number of fused-ring (bicyclic) bond motifs is 4. The summed E-state index contributed by atoms with van der Waals surface area (Å²) in [6.45, 7) is 1.65. The van der Waals surface area contributed by atoms with E-state index in [1.165, 1.54) is 18.2 Å². The van der Waals surface area contributed by atoms with E-state index in [4.69, 9.17) is 8.83 Å². The van der Waals surface area contributed by atoms with Crippen LogP contribution >= 0.6 is 0 Å². The number of aryl methyl sites for hydroxylation is 1. The highest BCUT2D eigenvalue weighted by atomic mass is 16.6. The molecule has 5 rings (SSSR count). The van der Waals surface area contributed by atoms with Gasteiger partial charge in [0.1, 0.15) is 11.3 Å². The van der Waals surface area contributed by atoms with Gasteiger partial charge in [-0.3, -0.25) is 10.1 Å². The summed E-state index contributed by atoms with van der Waals surface area (Å²) in [6.07, 6.45) is 0. The molecule has 8 heteroatoms. The molecule has 0 aliphatic carbocycles. The number of hydrogen-bond acceptors (Lipinski definition) is 7. The Hall–Kier alpha value is -4.20. The van der Waals surface area contributed by atoms with Crippen molar-refractivity contribution in [2.75, 3.05) is 5.32 Å². The number of anilines is 2. The Kier molecular flexibility index (Phi) is 3.82. The molecule has 0 spiro atoms. The third-order valence-electron chi connectivity index (χ3n) is 5.21. The van der Waals surface area contributed by atoms with E-state index in [1.54, 1.807) is 37.3 Å². The predicted octanol–water partition coefficient (Wildman–Crippen LogP) is 4.20. The molecule has 148 valence electrons. The van der Waals surface area contributed by atoms with E-state index in [9.17, 15) is 19.7 Å². The zero-order valence-corrected chi connectivity index (χ0v) is 15.7. The fourth-order valence-corrected chi connectivity index (χ4v) is 3.99. The number of non-ortho nitro benzene ring substituents is 1. The number of nitro benzene ring substituents is 1. The summed E-state index contributed by atoms with van der Waals surface area (Å²) in [6, 6.07) is 14.6. The van der Waals surface area contributed by atoms with Gasteiger partial charge in [0.15, 0.2) is 0 Å². The summed E-state index contributed by atoms with van der Waals surface area (Å²) < 4.78 is 10.8. The Labute approximate surface area is 168 Å². The second-order valence-corrected chi connectivity index (χ2v) is 7.06. The van der Waals surface area contributed by atoms with Crippen molar-refractivity contribution in [3.63, 3.8) is 0 Å². The van der Waals surface area contributed by atoms with Crippen LogP contribution in [0.5, 0.6) is 0 Å². The minimum Gasteiger partial charge on any atom is -0.428 e. The molecule has 30 heavy (non-hydrogen) atoms. The number of nitro groups is 1. The van der Waals surface area contributed by atoms with Crippen LogP contribution in [0.4, 0.5) is 17.1 Å². The van der Waals surface area contributed by atoms with Crippen LogP contribution in [0.15, 0.2) is 73.0 Å². The van der Waals surface area contributed by atoms with Gasteiger partial charge in [0.05, 0.1) is 33.3 Å². The standard InChI is InChI=1S/C22H14N2O6/c1-11-9-15-18(21(25)29-11)17(12-5-4-6-13(10-12)24(27)28)19-20(23-15)14-7-2-3-8-16(14)30-22(19)26/h2-10,17,23H,1H3. The number of rotatable bonds is 2. The van der Waals surface area contributed by atoms with Crippen molar-refractivity contribution < 1.29 is 13.8 Å². The molecular weight excluding hydrogens is 388 g/mol. The van der Waals surface area contributed by atoms with E-state index in [-0.39, 0.29) is 16.8 Å². The molecule has 1 aliphatic rings. The molecule has 0 fully saturated rings. The van der Waals surface area contributed by atoms with Gasteiger partial charge in [0.2, 0.25) is 0 Å². The highest BCUT2D eigenvalue weighted by molar-refractivity contribution is 5.96. The molecule has 0 radical (unpaired) electrons. The smallest absolute Gasteiger partial charge is 0.342 e. The maximum Gasteiger partial charge on any atom is 0.342 e. The first kappa shape index (κ1) is 17.9. The van der Waals surface area contributed by atoms with Crippen LogP contribution in [0.25, 0.3) is 11.0 Å². The maximum absolute atomic E-state index is 13.0. The number of para-hydroxylation sites is 1. The van der Waals surface area contributed by atoms with Crippen molar-refractivity contribution >= 4 is 28.0 Å². The molecule has 8 nitrogen and oxygen atoms in total. The fourth-order valence-electron chi connectivity index (χ4n) is 3.99. The van der Waals surface area contributed by atoms with E-state index < -0.39 is 22.1 Å². The predicted molar refractivity (Wildman–Crippen MR) is 110 cm³/mol. The first-order chi connectivity index (χ1) is 14.4. The molecule has 1 atom stereocenters. The lowest BCUT2D eigenvalue weighted by molar-refractivity contribution is -0.384. The molecule has 4 aromatic rings. The third-order valence-corrected chi connectivity index (χ3v) is 5.21. The molecule has 1 aliphatic heterocycles. The lowest BCUT2D eigenvalue weighted by Gasteiger charge is -2.28.